The van der Waals surface area contributed by atoms with Crippen molar-refractivity contribution < 1.29 is 0 Å². The van der Waals surface area contributed by atoms with Gasteiger partial charge in [-0.15, -0.1) is 0 Å². The van der Waals surface area contributed by atoms with Gasteiger partial charge in [-0.25, -0.2) is 0 Å². The molecule has 4 heteroatoms. The quantitative estimate of drug-likeness (QED) is 0.223. The third-order valence-electron chi connectivity index (χ3n) is 6.07. The number of rotatable bonds is 6. The topological polar surface area (TPSA) is 52.0 Å². The molecule has 0 bridgehead atoms. The highest BCUT2D eigenvalue weighted by molar-refractivity contribution is 5.49. The van der Waals surface area contributed by atoms with Crippen LogP contribution in [-0.2, 0) is 5.54 Å². The van der Waals surface area contributed by atoms with Crippen LogP contribution in [0.3, 0.4) is 0 Å². The van der Waals surface area contributed by atoms with Gasteiger partial charge < -0.3 is 0 Å². The molecule has 1 aliphatic heterocycles. The molecular formula is C25H26N4. The van der Waals surface area contributed by atoms with Crippen LogP contribution in [0.1, 0.15) is 29.5 Å². The minimum absolute atomic E-state index is 0.340. The standard InChI is InChI=1S/C25H26N4/c26-28-27-20-21-16-18-29(19-17-21)25(22-10-4-1-5-11-22,23-12-6-2-7-13-23)24-14-8-3-9-15-24/h1-15,21H,16-20H2. The van der Waals surface area contributed by atoms with Crippen molar-refractivity contribution >= 4 is 0 Å². The third kappa shape index (κ3) is 3.77. The lowest BCUT2D eigenvalue weighted by atomic mass is 9.74. The predicted molar refractivity (Wildman–Crippen MR) is 118 cm³/mol. The van der Waals surface area contributed by atoms with Crippen LogP contribution in [0, 0.1) is 5.92 Å². The van der Waals surface area contributed by atoms with Gasteiger partial charge in [0, 0.05) is 11.5 Å². The first kappa shape index (κ1) is 19.3. The van der Waals surface area contributed by atoms with Gasteiger partial charge in [0.2, 0.25) is 0 Å². The summed E-state index contributed by atoms with van der Waals surface area (Å²) in [4.78, 5) is 5.56. The summed E-state index contributed by atoms with van der Waals surface area (Å²) in [6, 6.07) is 32.5. The summed E-state index contributed by atoms with van der Waals surface area (Å²) >= 11 is 0. The Bertz CT molecular complexity index is 845. The number of benzene rings is 3. The molecule has 29 heavy (non-hydrogen) atoms. The van der Waals surface area contributed by atoms with Crippen molar-refractivity contribution in [1.29, 1.82) is 0 Å². The van der Waals surface area contributed by atoms with E-state index in [1.54, 1.807) is 0 Å². The summed E-state index contributed by atoms with van der Waals surface area (Å²) in [5.74, 6) is 0.460. The fourth-order valence-electron chi connectivity index (χ4n) is 4.69. The van der Waals surface area contributed by atoms with Crippen LogP contribution in [0.15, 0.2) is 96.1 Å². The molecule has 0 aromatic heterocycles. The van der Waals surface area contributed by atoms with Gasteiger partial charge in [-0.3, -0.25) is 4.90 Å². The van der Waals surface area contributed by atoms with E-state index in [0.717, 1.165) is 25.9 Å². The van der Waals surface area contributed by atoms with Gasteiger partial charge in [-0.05, 0) is 54.1 Å². The molecule has 0 aliphatic carbocycles. The maximum absolute atomic E-state index is 8.67. The smallest absolute Gasteiger partial charge is 0.0972 e. The zero-order valence-electron chi connectivity index (χ0n) is 16.6. The molecule has 146 valence electrons. The van der Waals surface area contributed by atoms with E-state index >= 15 is 0 Å². The Morgan fingerprint density at radius 2 is 1.17 bits per heavy atom. The highest BCUT2D eigenvalue weighted by atomic mass is 15.2. The van der Waals surface area contributed by atoms with E-state index in [1.165, 1.54) is 16.7 Å². The van der Waals surface area contributed by atoms with Gasteiger partial charge in [0.05, 0.1) is 5.54 Å². The molecule has 0 N–H and O–H groups in total. The summed E-state index contributed by atoms with van der Waals surface area (Å²) in [6.45, 7) is 2.52. The Labute approximate surface area is 172 Å². The molecule has 0 amide bonds. The normalized spacial score (nSPS) is 15.6. The molecule has 0 radical (unpaired) electrons. The van der Waals surface area contributed by atoms with Crippen molar-refractivity contribution in [2.45, 2.75) is 18.4 Å². The second-order valence-corrected chi connectivity index (χ2v) is 7.65. The Balaban J connectivity index is 1.84. The molecule has 1 fully saturated rings. The van der Waals surface area contributed by atoms with E-state index < -0.39 is 0 Å². The van der Waals surface area contributed by atoms with Crippen molar-refractivity contribution in [3.05, 3.63) is 118 Å². The third-order valence-corrected chi connectivity index (χ3v) is 6.07. The molecular weight excluding hydrogens is 356 g/mol. The second-order valence-electron chi connectivity index (χ2n) is 7.65. The number of hydrogen-bond donors (Lipinski definition) is 0. The predicted octanol–water partition coefficient (Wildman–Crippen LogP) is 6.00. The molecule has 0 spiro atoms. The van der Waals surface area contributed by atoms with E-state index in [2.05, 4.69) is 106 Å². The number of piperidine rings is 1. The lowest BCUT2D eigenvalue weighted by Crippen LogP contribution is -2.51. The molecule has 0 saturated carbocycles. The Kier molecular flexibility index (Phi) is 5.95. The van der Waals surface area contributed by atoms with Gasteiger partial charge >= 0.3 is 0 Å². The van der Waals surface area contributed by atoms with Crippen LogP contribution in [0.5, 0.6) is 0 Å². The summed E-state index contributed by atoms with van der Waals surface area (Å²) in [5.41, 5.74) is 12.2. The summed E-state index contributed by atoms with van der Waals surface area (Å²) in [5, 5.41) is 3.82. The molecule has 1 aliphatic rings. The summed E-state index contributed by atoms with van der Waals surface area (Å²) in [7, 11) is 0. The van der Waals surface area contributed by atoms with E-state index in [0.29, 0.717) is 12.5 Å². The molecule has 1 saturated heterocycles. The Morgan fingerprint density at radius 3 is 1.55 bits per heavy atom. The fraction of sp³-hybridized carbons (Fsp3) is 0.280. The van der Waals surface area contributed by atoms with Gasteiger partial charge in [0.1, 0.15) is 0 Å². The second kappa shape index (κ2) is 8.95. The Hall–Kier alpha value is -3.07. The molecule has 3 aromatic rings. The van der Waals surface area contributed by atoms with Crippen molar-refractivity contribution in [3.63, 3.8) is 0 Å². The average Bonchev–Trinajstić information content (AvgIpc) is 2.81. The van der Waals surface area contributed by atoms with Crippen LogP contribution in [0.25, 0.3) is 10.4 Å². The first-order valence-corrected chi connectivity index (χ1v) is 10.3. The zero-order chi connectivity index (χ0) is 19.9. The number of azide groups is 1. The van der Waals surface area contributed by atoms with Crippen LogP contribution >= 0.6 is 0 Å². The van der Waals surface area contributed by atoms with Crippen LogP contribution in [0.2, 0.25) is 0 Å². The van der Waals surface area contributed by atoms with Gasteiger partial charge in [-0.2, -0.15) is 0 Å². The SMILES string of the molecule is [N-]=[N+]=NCC1CCN(C(c2ccccc2)(c2ccccc2)c2ccccc2)CC1. The minimum atomic E-state index is -0.340. The van der Waals surface area contributed by atoms with Crippen LogP contribution in [0.4, 0.5) is 0 Å². The van der Waals surface area contributed by atoms with Crippen molar-refractivity contribution in [2.75, 3.05) is 19.6 Å². The van der Waals surface area contributed by atoms with Crippen LogP contribution < -0.4 is 0 Å². The highest BCUT2D eigenvalue weighted by Gasteiger charge is 2.43. The molecule has 0 atom stereocenters. The molecule has 3 aromatic carbocycles. The number of nitrogens with zero attached hydrogens (tertiary/aromatic N) is 4. The molecule has 4 rings (SSSR count). The maximum Gasteiger partial charge on any atom is 0.0972 e. The Morgan fingerprint density at radius 1 is 0.759 bits per heavy atom. The highest BCUT2D eigenvalue weighted by Crippen LogP contribution is 2.44. The monoisotopic (exact) mass is 382 g/mol. The number of hydrogen-bond acceptors (Lipinski definition) is 2. The molecule has 0 unspecified atom stereocenters. The summed E-state index contributed by atoms with van der Waals surface area (Å²) < 4.78 is 0. The first-order valence-electron chi connectivity index (χ1n) is 10.3. The van der Waals surface area contributed by atoms with E-state index in [-0.39, 0.29) is 5.54 Å². The fourth-order valence-corrected chi connectivity index (χ4v) is 4.69. The van der Waals surface area contributed by atoms with E-state index in [9.17, 15) is 0 Å². The van der Waals surface area contributed by atoms with E-state index in [1.807, 2.05) is 0 Å². The lowest BCUT2D eigenvalue weighted by Gasteiger charge is -2.48. The maximum atomic E-state index is 8.67. The van der Waals surface area contributed by atoms with Gasteiger partial charge in [0.25, 0.3) is 0 Å². The summed E-state index contributed by atoms with van der Waals surface area (Å²) in [6.07, 6.45) is 2.07. The zero-order valence-corrected chi connectivity index (χ0v) is 16.6. The minimum Gasteiger partial charge on any atom is -0.286 e. The van der Waals surface area contributed by atoms with Crippen molar-refractivity contribution in [2.24, 2.45) is 11.0 Å². The van der Waals surface area contributed by atoms with Gasteiger partial charge in [-0.1, -0.05) is 96.1 Å². The van der Waals surface area contributed by atoms with Crippen molar-refractivity contribution in [1.82, 2.24) is 4.90 Å². The van der Waals surface area contributed by atoms with Gasteiger partial charge in [0.15, 0.2) is 0 Å². The van der Waals surface area contributed by atoms with Crippen LogP contribution in [-0.4, -0.2) is 24.5 Å². The largest absolute Gasteiger partial charge is 0.286 e. The first-order chi connectivity index (χ1) is 14.4. The lowest BCUT2D eigenvalue weighted by molar-refractivity contribution is 0.104. The molecule has 1 heterocycles. The van der Waals surface area contributed by atoms with E-state index in [4.69, 9.17) is 5.53 Å². The molecule has 4 nitrogen and oxygen atoms in total. The average molecular weight is 383 g/mol. The van der Waals surface area contributed by atoms with Crippen molar-refractivity contribution in [3.8, 4) is 0 Å². The number of likely N-dealkylation sites (tertiary alicyclic amines) is 1.